The van der Waals surface area contributed by atoms with Crippen LogP contribution < -0.4 is 5.32 Å². The van der Waals surface area contributed by atoms with Gasteiger partial charge in [-0.3, -0.25) is 9.59 Å². The third kappa shape index (κ3) is 5.34. The third-order valence-electron chi connectivity index (χ3n) is 6.62. The number of carbonyl (C=O) groups excluding carboxylic acids is 3. The van der Waals surface area contributed by atoms with Crippen LogP contribution in [0.25, 0.3) is 0 Å². The molecule has 2 heterocycles. The van der Waals surface area contributed by atoms with Crippen LogP contribution in [-0.2, 0) is 9.53 Å². The number of anilines is 1. The van der Waals surface area contributed by atoms with Gasteiger partial charge >= 0.3 is 5.97 Å². The Bertz CT molecular complexity index is 1210. The predicted octanol–water partition coefficient (Wildman–Crippen LogP) is 4.80. The summed E-state index contributed by atoms with van der Waals surface area (Å²) < 4.78 is 5.39. The van der Waals surface area contributed by atoms with Crippen LogP contribution in [0.1, 0.15) is 57.0 Å². The third-order valence-corrected chi connectivity index (χ3v) is 7.56. The van der Waals surface area contributed by atoms with E-state index in [0.717, 1.165) is 18.0 Å². The molecule has 0 fully saturated rings. The van der Waals surface area contributed by atoms with Gasteiger partial charge in [0.15, 0.2) is 0 Å². The first-order valence-corrected chi connectivity index (χ1v) is 13.0. The van der Waals surface area contributed by atoms with Crippen LogP contribution in [0.5, 0.6) is 0 Å². The molecule has 0 radical (unpaired) electrons. The first-order valence-electron chi connectivity index (χ1n) is 12.1. The highest BCUT2D eigenvalue weighted by Crippen LogP contribution is 2.43. The molecule has 2 aromatic carbocycles. The van der Waals surface area contributed by atoms with Crippen LogP contribution in [0, 0.1) is 0 Å². The normalized spacial score (nSPS) is 17.1. The molecule has 1 aliphatic rings. The Morgan fingerprint density at radius 1 is 1.03 bits per heavy atom. The van der Waals surface area contributed by atoms with Gasteiger partial charge in [0.2, 0.25) is 5.91 Å². The number of ether oxygens (including phenoxy) is 1. The van der Waals surface area contributed by atoms with Gasteiger partial charge in [-0.05, 0) is 60.4 Å². The fourth-order valence-electron chi connectivity index (χ4n) is 4.57. The molecule has 2 amide bonds. The number of hydrogen-bond acceptors (Lipinski definition) is 6. The standard InChI is InChI=1S/C28H31N3O4S/c1-4-31(5-2)16-17-35-28(34)19-12-14-20(15-13-19)29-26(32)24-21-9-6-7-10-22(21)27(33)30(3)25(24)23-11-8-18-36-23/h6-15,18,24-25H,4-5,16-17H2,1-3H3,(H,29,32)/t24-,25-/m0/s1. The van der Waals surface area contributed by atoms with Crippen molar-refractivity contribution < 1.29 is 19.1 Å². The lowest BCUT2D eigenvalue weighted by Gasteiger charge is -2.39. The molecule has 3 aromatic rings. The number of thiophene rings is 1. The van der Waals surface area contributed by atoms with E-state index in [1.807, 2.05) is 35.7 Å². The molecular formula is C28H31N3O4S. The number of benzene rings is 2. The van der Waals surface area contributed by atoms with Crippen molar-refractivity contribution in [2.45, 2.75) is 25.8 Å². The molecule has 1 N–H and O–H groups in total. The Labute approximate surface area is 215 Å². The van der Waals surface area contributed by atoms with E-state index >= 15 is 0 Å². The van der Waals surface area contributed by atoms with Crippen LogP contribution in [0.15, 0.2) is 66.0 Å². The Morgan fingerprint density at radius 3 is 2.42 bits per heavy atom. The van der Waals surface area contributed by atoms with Crippen LogP contribution in [0.2, 0.25) is 0 Å². The summed E-state index contributed by atoms with van der Waals surface area (Å²) in [6, 6.07) is 17.4. The average molecular weight is 506 g/mol. The van der Waals surface area contributed by atoms with E-state index in [0.29, 0.717) is 35.5 Å². The second kappa shape index (κ2) is 11.5. The Balaban J connectivity index is 1.50. The highest BCUT2D eigenvalue weighted by Gasteiger charge is 2.43. The van der Waals surface area contributed by atoms with Crippen LogP contribution in [0.3, 0.4) is 0 Å². The maximum absolute atomic E-state index is 13.6. The molecule has 0 unspecified atom stereocenters. The van der Waals surface area contributed by atoms with Gasteiger partial charge in [0.25, 0.3) is 5.91 Å². The summed E-state index contributed by atoms with van der Waals surface area (Å²) in [5, 5.41) is 4.94. The first-order chi connectivity index (χ1) is 17.4. The fraction of sp³-hybridized carbons (Fsp3) is 0.321. The molecule has 188 valence electrons. The van der Waals surface area contributed by atoms with Crippen molar-refractivity contribution >= 4 is 34.8 Å². The Hall–Kier alpha value is -3.49. The maximum Gasteiger partial charge on any atom is 0.338 e. The van der Waals surface area contributed by atoms with E-state index in [1.54, 1.807) is 42.3 Å². The summed E-state index contributed by atoms with van der Waals surface area (Å²) in [5.41, 5.74) is 2.25. The number of nitrogens with one attached hydrogen (secondary N) is 1. The van der Waals surface area contributed by atoms with Crippen molar-refractivity contribution in [3.05, 3.63) is 87.6 Å². The van der Waals surface area contributed by atoms with E-state index in [2.05, 4.69) is 24.1 Å². The van der Waals surface area contributed by atoms with E-state index in [-0.39, 0.29) is 17.8 Å². The van der Waals surface area contributed by atoms with Crippen LogP contribution >= 0.6 is 11.3 Å². The molecule has 0 saturated carbocycles. The summed E-state index contributed by atoms with van der Waals surface area (Å²) in [4.78, 5) is 43.9. The molecule has 1 aliphatic heterocycles. The minimum atomic E-state index is -0.577. The van der Waals surface area contributed by atoms with Gasteiger partial charge in [-0.2, -0.15) is 0 Å². The topological polar surface area (TPSA) is 79.0 Å². The van der Waals surface area contributed by atoms with Crippen molar-refractivity contribution in [3.8, 4) is 0 Å². The van der Waals surface area contributed by atoms with Gasteiger partial charge in [-0.1, -0.05) is 38.1 Å². The van der Waals surface area contributed by atoms with E-state index in [9.17, 15) is 14.4 Å². The Kier molecular flexibility index (Phi) is 8.18. The molecule has 36 heavy (non-hydrogen) atoms. The summed E-state index contributed by atoms with van der Waals surface area (Å²) >= 11 is 1.53. The van der Waals surface area contributed by atoms with E-state index in [1.165, 1.54) is 11.3 Å². The van der Waals surface area contributed by atoms with Gasteiger partial charge in [-0.25, -0.2) is 4.79 Å². The zero-order valence-electron chi connectivity index (χ0n) is 20.8. The van der Waals surface area contributed by atoms with Crippen LogP contribution in [-0.4, -0.2) is 60.9 Å². The summed E-state index contributed by atoms with van der Waals surface area (Å²) in [5.74, 6) is -1.28. The van der Waals surface area contributed by atoms with Crippen molar-refractivity contribution in [3.63, 3.8) is 0 Å². The van der Waals surface area contributed by atoms with Crippen molar-refractivity contribution in [2.24, 2.45) is 0 Å². The number of nitrogens with zero attached hydrogens (tertiary/aromatic N) is 2. The molecule has 2 atom stereocenters. The second-order valence-corrected chi connectivity index (χ2v) is 9.65. The molecular weight excluding hydrogens is 474 g/mol. The number of fused-ring (bicyclic) bond motifs is 1. The number of esters is 1. The quantitative estimate of drug-likeness (QED) is 0.423. The lowest BCUT2D eigenvalue weighted by molar-refractivity contribution is -0.119. The second-order valence-electron chi connectivity index (χ2n) is 8.67. The zero-order chi connectivity index (χ0) is 25.7. The number of rotatable bonds is 9. The van der Waals surface area contributed by atoms with Crippen molar-refractivity contribution in [2.75, 3.05) is 38.6 Å². The number of likely N-dealkylation sites (N-methyl/N-ethyl adjacent to an activating group) is 2. The zero-order valence-corrected chi connectivity index (χ0v) is 21.6. The van der Waals surface area contributed by atoms with Gasteiger partial charge in [-0.15, -0.1) is 11.3 Å². The molecule has 0 spiro atoms. The lowest BCUT2D eigenvalue weighted by Crippen LogP contribution is -2.43. The molecule has 0 aliphatic carbocycles. The SMILES string of the molecule is CCN(CC)CCOC(=O)c1ccc(NC(=O)[C@H]2c3ccccc3C(=O)N(C)[C@H]2c2cccs2)cc1. The molecule has 8 heteroatoms. The van der Waals surface area contributed by atoms with E-state index in [4.69, 9.17) is 4.74 Å². The highest BCUT2D eigenvalue weighted by molar-refractivity contribution is 7.10. The largest absolute Gasteiger partial charge is 0.461 e. The molecule has 0 saturated heterocycles. The Morgan fingerprint density at radius 2 is 1.75 bits per heavy atom. The van der Waals surface area contributed by atoms with Crippen molar-refractivity contribution in [1.82, 2.24) is 9.80 Å². The number of amides is 2. The summed E-state index contributed by atoms with van der Waals surface area (Å²) in [6.07, 6.45) is 0. The summed E-state index contributed by atoms with van der Waals surface area (Å²) in [7, 11) is 1.74. The van der Waals surface area contributed by atoms with Gasteiger partial charge < -0.3 is 19.9 Å². The maximum atomic E-state index is 13.6. The van der Waals surface area contributed by atoms with Gasteiger partial charge in [0.1, 0.15) is 6.61 Å². The predicted molar refractivity (Wildman–Crippen MR) is 141 cm³/mol. The fourth-order valence-corrected chi connectivity index (χ4v) is 5.48. The lowest BCUT2D eigenvalue weighted by atomic mass is 9.81. The molecule has 4 rings (SSSR count). The van der Waals surface area contributed by atoms with E-state index < -0.39 is 12.0 Å². The number of hydrogen-bond donors (Lipinski definition) is 1. The van der Waals surface area contributed by atoms with Gasteiger partial charge in [0.05, 0.1) is 17.5 Å². The minimum absolute atomic E-state index is 0.100. The summed E-state index contributed by atoms with van der Waals surface area (Å²) in [6.45, 7) is 6.98. The van der Waals surface area contributed by atoms with Crippen molar-refractivity contribution in [1.29, 1.82) is 0 Å². The smallest absolute Gasteiger partial charge is 0.338 e. The number of carbonyl (C=O) groups is 3. The first kappa shape index (κ1) is 25.6. The average Bonchev–Trinajstić information content (AvgIpc) is 3.43. The highest BCUT2D eigenvalue weighted by atomic mass is 32.1. The minimum Gasteiger partial charge on any atom is -0.461 e. The molecule has 7 nitrogen and oxygen atoms in total. The monoisotopic (exact) mass is 505 g/mol. The van der Waals surface area contributed by atoms with Crippen LogP contribution in [0.4, 0.5) is 5.69 Å². The molecule has 1 aromatic heterocycles. The van der Waals surface area contributed by atoms with Gasteiger partial charge in [0, 0.05) is 29.7 Å². The molecule has 0 bridgehead atoms.